The number of aromatic nitrogens is 1. The van der Waals surface area contributed by atoms with Gasteiger partial charge in [0.2, 0.25) is 0 Å². The lowest BCUT2D eigenvalue weighted by molar-refractivity contribution is 0.0951. The third kappa shape index (κ3) is 4.19. The summed E-state index contributed by atoms with van der Waals surface area (Å²) in [5.41, 5.74) is 1.46. The van der Waals surface area contributed by atoms with Gasteiger partial charge in [0.15, 0.2) is 0 Å². The van der Waals surface area contributed by atoms with Crippen molar-refractivity contribution >= 4 is 17.2 Å². The maximum Gasteiger partial charge on any atom is 0.253 e. The molecule has 102 valence electrons. The molecule has 0 spiro atoms. The summed E-state index contributed by atoms with van der Waals surface area (Å²) in [7, 11) is 0. The van der Waals surface area contributed by atoms with E-state index in [0.717, 1.165) is 10.4 Å². The van der Waals surface area contributed by atoms with E-state index in [4.69, 9.17) is 5.11 Å². The highest BCUT2D eigenvalue weighted by molar-refractivity contribution is 7.10. The Morgan fingerprint density at radius 1 is 1.50 bits per heavy atom. The Balaban J connectivity index is 1.89. The van der Waals surface area contributed by atoms with Gasteiger partial charge in [-0.05, 0) is 18.2 Å². The predicted octanol–water partition coefficient (Wildman–Crippen LogP) is 1.81. The van der Waals surface area contributed by atoms with Gasteiger partial charge in [0.05, 0.1) is 18.7 Å². The molecule has 4 nitrogen and oxygen atoms in total. The lowest BCUT2D eigenvalue weighted by atomic mass is 10.2. The van der Waals surface area contributed by atoms with Crippen LogP contribution in [-0.2, 0) is 6.54 Å². The van der Waals surface area contributed by atoms with Gasteiger partial charge in [0, 0.05) is 34.6 Å². The third-order valence-electron chi connectivity index (χ3n) is 2.47. The van der Waals surface area contributed by atoms with E-state index in [1.54, 1.807) is 29.7 Å². The molecule has 2 heterocycles. The molecule has 0 radical (unpaired) electrons. The monoisotopic (exact) mass is 286 g/mol. The molecular formula is C15H14N2O2S. The van der Waals surface area contributed by atoms with Crippen LogP contribution in [0.1, 0.15) is 27.2 Å². The van der Waals surface area contributed by atoms with E-state index >= 15 is 0 Å². The van der Waals surface area contributed by atoms with E-state index in [2.05, 4.69) is 22.1 Å². The molecule has 0 aliphatic rings. The van der Waals surface area contributed by atoms with Gasteiger partial charge in [-0.25, -0.2) is 0 Å². The molecule has 2 rings (SSSR count). The highest BCUT2D eigenvalue weighted by atomic mass is 32.1. The number of carbonyl (C=O) groups excluding carboxylic acids is 1. The Hall–Kier alpha value is -2.16. The molecule has 2 aromatic heterocycles. The van der Waals surface area contributed by atoms with Crippen molar-refractivity contribution in [2.24, 2.45) is 0 Å². The summed E-state index contributed by atoms with van der Waals surface area (Å²) in [5, 5.41) is 13.4. The largest absolute Gasteiger partial charge is 0.395 e. The van der Waals surface area contributed by atoms with Crippen molar-refractivity contribution < 1.29 is 9.90 Å². The van der Waals surface area contributed by atoms with Gasteiger partial charge in [0.25, 0.3) is 5.91 Å². The van der Waals surface area contributed by atoms with Crippen LogP contribution < -0.4 is 5.32 Å². The molecule has 0 fully saturated rings. The van der Waals surface area contributed by atoms with Crippen molar-refractivity contribution in [1.29, 1.82) is 0 Å². The molecule has 0 aliphatic carbocycles. The summed E-state index contributed by atoms with van der Waals surface area (Å²) < 4.78 is 0. The van der Waals surface area contributed by atoms with Crippen LogP contribution in [0, 0.1) is 11.8 Å². The molecular weight excluding hydrogens is 272 g/mol. The molecule has 2 aromatic rings. The predicted molar refractivity (Wildman–Crippen MR) is 78.3 cm³/mol. The van der Waals surface area contributed by atoms with E-state index < -0.39 is 0 Å². The molecule has 0 aliphatic heterocycles. The summed E-state index contributed by atoms with van der Waals surface area (Å²) in [6, 6.07) is 5.40. The number of pyridine rings is 1. The quantitative estimate of drug-likeness (QED) is 0.843. The van der Waals surface area contributed by atoms with Crippen molar-refractivity contribution in [3.05, 3.63) is 52.0 Å². The average Bonchev–Trinajstić information content (AvgIpc) is 2.94. The highest BCUT2D eigenvalue weighted by Gasteiger charge is 2.05. The van der Waals surface area contributed by atoms with Crippen LogP contribution in [0.4, 0.5) is 0 Å². The minimum Gasteiger partial charge on any atom is -0.395 e. The van der Waals surface area contributed by atoms with Gasteiger partial charge in [0.1, 0.15) is 0 Å². The number of rotatable bonds is 4. The summed E-state index contributed by atoms with van der Waals surface area (Å²) in [6.07, 6.45) is 3.64. The van der Waals surface area contributed by atoms with Crippen LogP contribution in [0.5, 0.6) is 0 Å². The summed E-state index contributed by atoms with van der Waals surface area (Å²) >= 11 is 1.55. The van der Waals surface area contributed by atoms with Crippen LogP contribution in [0.15, 0.2) is 36.0 Å². The second kappa shape index (κ2) is 7.43. The Morgan fingerprint density at radius 3 is 3.15 bits per heavy atom. The van der Waals surface area contributed by atoms with E-state index in [1.807, 2.05) is 11.4 Å². The van der Waals surface area contributed by atoms with Crippen molar-refractivity contribution in [3.8, 4) is 11.8 Å². The number of aliphatic hydroxyl groups excluding tert-OH is 1. The molecule has 0 saturated carbocycles. The first-order valence-corrected chi connectivity index (χ1v) is 7.03. The number of aliphatic hydroxyl groups is 1. The fraction of sp³-hybridized carbons (Fsp3) is 0.200. The van der Waals surface area contributed by atoms with Gasteiger partial charge in [-0.1, -0.05) is 11.8 Å². The summed E-state index contributed by atoms with van der Waals surface area (Å²) in [5.74, 6) is 5.69. The van der Waals surface area contributed by atoms with Gasteiger partial charge in [-0.15, -0.1) is 11.3 Å². The number of hydrogen-bond acceptors (Lipinski definition) is 4. The van der Waals surface area contributed by atoms with Gasteiger partial charge in [-0.2, -0.15) is 0 Å². The van der Waals surface area contributed by atoms with E-state index in [-0.39, 0.29) is 12.5 Å². The van der Waals surface area contributed by atoms with E-state index in [9.17, 15) is 4.79 Å². The van der Waals surface area contributed by atoms with Gasteiger partial charge < -0.3 is 10.4 Å². The van der Waals surface area contributed by atoms with Crippen molar-refractivity contribution in [3.63, 3.8) is 0 Å². The smallest absolute Gasteiger partial charge is 0.253 e. The molecule has 5 heteroatoms. The summed E-state index contributed by atoms with van der Waals surface area (Å²) in [6.45, 7) is 0.547. The highest BCUT2D eigenvalue weighted by Crippen LogP contribution is 2.13. The maximum absolute atomic E-state index is 11.8. The molecule has 20 heavy (non-hydrogen) atoms. The lowest BCUT2D eigenvalue weighted by Crippen LogP contribution is -2.22. The Kier molecular flexibility index (Phi) is 5.30. The normalized spacial score (nSPS) is 9.65. The van der Waals surface area contributed by atoms with Crippen LogP contribution in [0.3, 0.4) is 0 Å². The van der Waals surface area contributed by atoms with Gasteiger partial charge in [-0.3, -0.25) is 9.78 Å². The zero-order chi connectivity index (χ0) is 14.2. The second-order valence-corrected chi connectivity index (χ2v) is 5.00. The number of nitrogens with zero attached hydrogens (tertiary/aromatic N) is 1. The fourth-order valence-corrected chi connectivity index (χ4v) is 2.28. The zero-order valence-electron chi connectivity index (χ0n) is 10.8. The van der Waals surface area contributed by atoms with Crippen molar-refractivity contribution in [1.82, 2.24) is 10.3 Å². The van der Waals surface area contributed by atoms with Crippen LogP contribution in [0.25, 0.3) is 0 Å². The SMILES string of the molecule is O=C(NCc1cc(C#CCCO)cs1)c1cccnc1. The molecule has 0 bridgehead atoms. The topological polar surface area (TPSA) is 62.2 Å². The number of nitrogens with one attached hydrogen (secondary N) is 1. The van der Waals surface area contributed by atoms with Crippen molar-refractivity contribution in [2.45, 2.75) is 13.0 Å². The lowest BCUT2D eigenvalue weighted by Gasteiger charge is -2.02. The molecule has 2 N–H and O–H groups in total. The van der Waals surface area contributed by atoms with Crippen LogP contribution in [-0.4, -0.2) is 22.6 Å². The Labute approximate surface area is 121 Å². The number of thiophene rings is 1. The fourth-order valence-electron chi connectivity index (χ4n) is 1.53. The minimum absolute atomic E-state index is 0.0746. The van der Waals surface area contributed by atoms with Crippen molar-refractivity contribution in [2.75, 3.05) is 6.61 Å². The Bertz CT molecular complexity index is 626. The maximum atomic E-state index is 11.8. The standard InChI is InChI=1S/C15H14N2O2S/c18-7-2-1-4-12-8-14(20-11-12)10-17-15(19)13-5-3-6-16-9-13/h3,5-6,8-9,11,18H,2,7,10H2,(H,17,19). The number of hydrogen-bond donors (Lipinski definition) is 2. The second-order valence-electron chi connectivity index (χ2n) is 4.00. The molecule has 0 unspecified atom stereocenters. The van der Waals surface area contributed by atoms with Crippen LogP contribution in [0.2, 0.25) is 0 Å². The zero-order valence-corrected chi connectivity index (χ0v) is 11.6. The van der Waals surface area contributed by atoms with Crippen LogP contribution >= 0.6 is 11.3 Å². The third-order valence-corrected chi connectivity index (χ3v) is 3.41. The molecule has 0 atom stereocenters. The molecule has 0 aromatic carbocycles. The van der Waals surface area contributed by atoms with E-state index in [1.165, 1.54) is 6.20 Å². The number of amides is 1. The first-order valence-electron chi connectivity index (χ1n) is 6.15. The molecule has 0 saturated heterocycles. The van der Waals surface area contributed by atoms with Gasteiger partial charge >= 0.3 is 0 Å². The first-order chi connectivity index (χ1) is 9.79. The first kappa shape index (κ1) is 14.3. The van der Waals surface area contributed by atoms with E-state index in [0.29, 0.717) is 18.5 Å². The molecule has 1 amide bonds. The number of carbonyl (C=O) groups is 1. The summed E-state index contributed by atoms with van der Waals surface area (Å²) in [4.78, 5) is 16.8. The Morgan fingerprint density at radius 2 is 2.40 bits per heavy atom. The minimum atomic E-state index is -0.139. The average molecular weight is 286 g/mol.